The first-order valence-electron chi connectivity index (χ1n) is 13.3. The molecule has 0 bridgehead atoms. The molecule has 0 atom stereocenters. The van der Waals surface area contributed by atoms with E-state index in [1.807, 2.05) is 0 Å². The van der Waals surface area contributed by atoms with Crippen LogP contribution in [0.1, 0.15) is 77.3 Å². The van der Waals surface area contributed by atoms with Crippen molar-refractivity contribution in [3.05, 3.63) is 71.8 Å². The second-order valence-electron chi connectivity index (χ2n) is 8.92. The van der Waals surface area contributed by atoms with Crippen LogP contribution in [0.15, 0.2) is 60.7 Å². The van der Waals surface area contributed by atoms with Gasteiger partial charge in [0.1, 0.15) is 11.5 Å². The van der Waals surface area contributed by atoms with Crippen molar-refractivity contribution in [3.8, 4) is 11.5 Å². The molecule has 0 heterocycles. The van der Waals surface area contributed by atoms with Gasteiger partial charge < -0.3 is 9.47 Å². The molecule has 0 spiro atoms. The van der Waals surface area contributed by atoms with Crippen LogP contribution in [0.5, 0.6) is 11.5 Å². The lowest BCUT2D eigenvalue weighted by atomic mass is 9.96. The zero-order valence-electron chi connectivity index (χ0n) is 21.7. The average Bonchev–Trinajstić information content (AvgIpc) is 2.87. The highest BCUT2D eigenvalue weighted by molar-refractivity contribution is 6.11. The van der Waals surface area contributed by atoms with E-state index in [-0.39, 0.29) is 0 Å². The van der Waals surface area contributed by atoms with Gasteiger partial charge in [-0.15, -0.1) is 0 Å². The lowest BCUT2D eigenvalue weighted by Gasteiger charge is -2.19. The van der Waals surface area contributed by atoms with Crippen molar-refractivity contribution < 1.29 is 9.47 Å². The van der Waals surface area contributed by atoms with Gasteiger partial charge in [0.25, 0.3) is 0 Å². The fourth-order valence-corrected chi connectivity index (χ4v) is 4.26. The first kappa shape index (κ1) is 25.9. The molecule has 3 aromatic carbocycles. The maximum atomic E-state index is 6.52. The van der Waals surface area contributed by atoms with Gasteiger partial charge in [0, 0.05) is 21.5 Å². The molecule has 0 radical (unpaired) electrons. The lowest BCUT2D eigenvalue weighted by Crippen LogP contribution is -2.02. The summed E-state index contributed by atoms with van der Waals surface area (Å²) in [6, 6.07) is 13.5. The van der Waals surface area contributed by atoms with Crippen molar-refractivity contribution in [3.63, 3.8) is 0 Å². The number of hydrogen-bond donors (Lipinski definition) is 0. The monoisotopic (exact) mass is 458 g/mol. The van der Waals surface area contributed by atoms with E-state index in [1.165, 1.54) is 24.0 Å². The van der Waals surface area contributed by atoms with Gasteiger partial charge in [-0.05, 0) is 61.8 Å². The Balaban J connectivity index is 2.04. The zero-order valence-corrected chi connectivity index (χ0v) is 21.7. The van der Waals surface area contributed by atoms with Crippen LogP contribution in [0, 0.1) is 0 Å². The molecule has 0 saturated carbocycles. The van der Waals surface area contributed by atoms with Crippen LogP contribution < -0.4 is 9.47 Å². The van der Waals surface area contributed by atoms with Gasteiger partial charge >= 0.3 is 0 Å². The van der Waals surface area contributed by atoms with Crippen LogP contribution in [0.3, 0.4) is 0 Å². The molecule has 0 unspecified atom stereocenters. The third-order valence-corrected chi connectivity index (χ3v) is 6.27. The quantitative estimate of drug-likeness (QED) is 0.136. The standard InChI is InChI=1S/C32H42O2/c1-5-9-11-13-15-21-33-31-27-19-17-25(7-3)23-29(27)32(34-22-16-14-12-10-6-2)30-24-26(8-4)18-20-28(30)31/h11-14,17-20,23-24H,5-10,15-16,21-22H2,1-4H3/b13-11+,14-12+. The van der Waals surface area contributed by atoms with Crippen LogP contribution in [-0.2, 0) is 12.8 Å². The minimum absolute atomic E-state index is 0.678. The highest BCUT2D eigenvalue weighted by Gasteiger charge is 2.17. The molecular weight excluding hydrogens is 416 g/mol. The van der Waals surface area contributed by atoms with Gasteiger partial charge in [0.2, 0.25) is 0 Å². The summed E-state index contributed by atoms with van der Waals surface area (Å²) in [5.74, 6) is 1.98. The SMILES string of the molecule is CCC/C=C/CCOc1c2ccc(CC)cc2c(OCC/C=C/CCC)c2cc(CC)ccc12. The molecule has 0 amide bonds. The van der Waals surface area contributed by atoms with Crippen LogP contribution in [0.25, 0.3) is 21.5 Å². The first-order valence-corrected chi connectivity index (χ1v) is 13.3. The molecule has 0 fully saturated rings. The van der Waals surface area contributed by atoms with Crippen molar-refractivity contribution in [2.24, 2.45) is 0 Å². The second kappa shape index (κ2) is 13.8. The molecule has 0 N–H and O–H groups in total. The minimum atomic E-state index is 0.678. The van der Waals surface area contributed by atoms with Crippen LogP contribution in [-0.4, -0.2) is 13.2 Å². The number of hydrogen-bond acceptors (Lipinski definition) is 2. The Labute approximate surface area is 206 Å². The van der Waals surface area contributed by atoms with Crippen molar-refractivity contribution in [1.29, 1.82) is 0 Å². The molecule has 0 aliphatic rings. The summed E-state index contributed by atoms with van der Waals surface area (Å²) < 4.78 is 13.0. The van der Waals surface area contributed by atoms with E-state index in [1.54, 1.807) is 0 Å². The Morgan fingerprint density at radius 1 is 0.529 bits per heavy atom. The van der Waals surface area contributed by atoms with Gasteiger partial charge in [-0.25, -0.2) is 0 Å². The van der Waals surface area contributed by atoms with Crippen molar-refractivity contribution in [2.45, 2.75) is 79.1 Å². The summed E-state index contributed by atoms with van der Waals surface area (Å²) >= 11 is 0. The minimum Gasteiger partial charge on any atom is -0.492 e. The largest absolute Gasteiger partial charge is 0.492 e. The fraction of sp³-hybridized carbons (Fsp3) is 0.438. The Morgan fingerprint density at radius 2 is 0.941 bits per heavy atom. The molecule has 0 aromatic heterocycles. The van der Waals surface area contributed by atoms with Crippen LogP contribution in [0.4, 0.5) is 0 Å². The molecule has 0 aliphatic carbocycles. The average molecular weight is 459 g/mol. The second-order valence-corrected chi connectivity index (χ2v) is 8.92. The smallest absolute Gasteiger partial charge is 0.135 e. The summed E-state index contributed by atoms with van der Waals surface area (Å²) in [4.78, 5) is 0. The first-order chi connectivity index (χ1) is 16.7. The van der Waals surface area contributed by atoms with E-state index in [9.17, 15) is 0 Å². The third kappa shape index (κ3) is 6.65. The van der Waals surface area contributed by atoms with Crippen LogP contribution >= 0.6 is 0 Å². The van der Waals surface area contributed by atoms with E-state index in [0.717, 1.165) is 71.6 Å². The molecule has 2 nitrogen and oxygen atoms in total. The number of unbranched alkanes of at least 4 members (excludes halogenated alkanes) is 2. The summed E-state index contributed by atoms with van der Waals surface area (Å²) in [6.45, 7) is 10.2. The molecule has 34 heavy (non-hydrogen) atoms. The van der Waals surface area contributed by atoms with Crippen molar-refractivity contribution >= 4 is 21.5 Å². The molecule has 0 aliphatic heterocycles. The van der Waals surface area contributed by atoms with E-state index in [2.05, 4.69) is 88.4 Å². The lowest BCUT2D eigenvalue weighted by molar-refractivity contribution is 0.327. The van der Waals surface area contributed by atoms with Crippen molar-refractivity contribution in [2.75, 3.05) is 13.2 Å². The van der Waals surface area contributed by atoms with Crippen molar-refractivity contribution in [1.82, 2.24) is 0 Å². The van der Waals surface area contributed by atoms with Gasteiger partial charge in [-0.2, -0.15) is 0 Å². The summed E-state index contributed by atoms with van der Waals surface area (Å²) in [5, 5.41) is 4.61. The Kier molecular flexibility index (Phi) is 10.5. The zero-order chi connectivity index (χ0) is 24.2. The van der Waals surface area contributed by atoms with Gasteiger partial charge in [0.15, 0.2) is 0 Å². The summed E-state index contributed by atoms with van der Waals surface area (Å²) in [7, 11) is 0. The maximum absolute atomic E-state index is 6.52. The fourth-order valence-electron chi connectivity index (χ4n) is 4.26. The van der Waals surface area contributed by atoms with Gasteiger partial charge in [0.05, 0.1) is 13.2 Å². The molecule has 0 saturated heterocycles. The summed E-state index contributed by atoms with van der Waals surface area (Å²) in [5.41, 5.74) is 2.64. The normalized spacial score (nSPS) is 11.9. The third-order valence-electron chi connectivity index (χ3n) is 6.27. The topological polar surface area (TPSA) is 18.5 Å². The highest BCUT2D eigenvalue weighted by Crippen LogP contribution is 2.43. The molecule has 3 rings (SSSR count). The van der Waals surface area contributed by atoms with E-state index < -0.39 is 0 Å². The number of benzene rings is 3. The predicted octanol–water partition coefficient (Wildman–Crippen LogP) is 9.37. The van der Waals surface area contributed by atoms with Gasteiger partial charge in [-0.3, -0.25) is 0 Å². The number of allylic oxidation sites excluding steroid dienone is 2. The maximum Gasteiger partial charge on any atom is 0.135 e. The van der Waals surface area contributed by atoms with E-state index in [0.29, 0.717) is 13.2 Å². The highest BCUT2D eigenvalue weighted by atomic mass is 16.5. The van der Waals surface area contributed by atoms with Crippen LogP contribution in [0.2, 0.25) is 0 Å². The number of fused-ring (bicyclic) bond motifs is 2. The number of rotatable bonds is 14. The summed E-state index contributed by atoms with van der Waals surface area (Å²) in [6.07, 6.45) is 17.5. The molecular formula is C32H42O2. The molecule has 182 valence electrons. The molecule has 3 aromatic rings. The Morgan fingerprint density at radius 3 is 1.35 bits per heavy atom. The van der Waals surface area contributed by atoms with E-state index >= 15 is 0 Å². The Bertz CT molecular complexity index is 1040. The number of ether oxygens (including phenoxy) is 2. The predicted molar refractivity (Wildman–Crippen MR) is 149 cm³/mol. The molecule has 2 heteroatoms. The van der Waals surface area contributed by atoms with Gasteiger partial charge in [-0.1, -0.05) is 89.1 Å². The van der Waals surface area contributed by atoms with E-state index in [4.69, 9.17) is 9.47 Å². The number of aryl methyl sites for hydroxylation is 2. The Hall–Kier alpha value is -2.74.